The average molecular weight is 382 g/mol. The van der Waals surface area contributed by atoms with Crippen molar-refractivity contribution in [2.45, 2.75) is 52.0 Å². The van der Waals surface area contributed by atoms with Crippen molar-refractivity contribution < 1.29 is 9.53 Å². The van der Waals surface area contributed by atoms with E-state index in [0.29, 0.717) is 5.91 Å². The monoisotopic (exact) mass is 381 g/mol. The lowest BCUT2D eigenvalue weighted by atomic mass is 10.2. The van der Waals surface area contributed by atoms with Crippen molar-refractivity contribution in [1.82, 2.24) is 20.0 Å². The minimum atomic E-state index is -0.00874. The van der Waals surface area contributed by atoms with Crippen LogP contribution in [-0.4, -0.2) is 98.7 Å². The lowest BCUT2D eigenvalue weighted by Gasteiger charge is -2.39. The number of carbonyl (C=O) groups excluding carboxylic acids is 1. The van der Waals surface area contributed by atoms with Crippen molar-refractivity contribution in [2.75, 3.05) is 66.1 Å². The van der Waals surface area contributed by atoms with Gasteiger partial charge < -0.3 is 19.9 Å². The Morgan fingerprint density at radius 3 is 2.37 bits per heavy atom. The van der Waals surface area contributed by atoms with Crippen LogP contribution in [0.3, 0.4) is 0 Å². The summed E-state index contributed by atoms with van der Waals surface area (Å²) in [6, 6.07) is -0.00874. The van der Waals surface area contributed by atoms with E-state index in [-0.39, 0.29) is 6.04 Å². The van der Waals surface area contributed by atoms with E-state index in [2.05, 4.69) is 29.0 Å². The quantitative estimate of drug-likeness (QED) is 0.372. The molecule has 2 fully saturated rings. The Morgan fingerprint density at radius 1 is 1.04 bits per heavy atom. The Bertz CT molecular complexity index is 457. The van der Waals surface area contributed by atoms with Gasteiger partial charge in [0, 0.05) is 66.1 Å². The first-order valence-corrected chi connectivity index (χ1v) is 10.7. The van der Waals surface area contributed by atoms with Crippen LogP contribution in [0.1, 0.15) is 46.0 Å². The second-order valence-electron chi connectivity index (χ2n) is 7.52. The fourth-order valence-electron chi connectivity index (χ4n) is 3.82. The molecule has 1 atom stereocenters. The van der Waals surface area contributed by atoms with Crippen molar-refractivity contribution in [3.8, 4) is 0 Å². The lowest BCUT2D eigenvalue weighted by molar-refractivity contribution is -0.135. The van der Waals surface area contributed by atoms with Crippen LogP contribution in [0.15, 0.2) is 4.99 Å². The van der Waals surface area contributed by atoms with E-state index in [4.69, 9.17) is 9.73 Å². The summed E-state index contributed by atoms with van der Waals surface area (Å²) in [6.45, 7) is 12.3. The first kappa shape index (κ1) is 22.0. The Labute approximate surface area is 165 Å². The van der Waals surface area contributed by atoms with Crippen molar-refractivity contribution in [1.29, 1.82) is 0 Å². The molecule has 0 aliphatic carbocycles. The number of carbonyl (C=O) groups is 1. The zero-order valence-corrected chi connectivity index (χ0v) is 17.6. The number of guanidine groups is 1. The third-order valence-corrected chi connectivity index (χ3v) is 5.54. The summed E-state index contributed by atoms with van der Waals surface area (Å²) in [5.41, 5.74) is 0. The number of aliphatic imine (C=N–C) groups is 1. The van der Waals surface area contributed by atoms with Gasteiger partial charge in [-0.3, -0.25) is 14.7 Å². The molecule has 0 radical (unpaired) electrons. The minimum Gasteiger partial charge on any atom is -0.385 e. The first-order valence-electron chi connectivity index (χ1n) is 10.7. The predicted molar refractivity (Wildman–Crippen MR) is 110 cm³/mol. The molecule has 2 heterocycles. The predicted octanol–water partition coefficient (Wildman–Crippen LogP) is 1.40. The van der Waals surface area contributed by atoms with Crippen LogP contribution in [0.25, 0.3) is 0 Å². The Kier molecular flexibility index (Phi) is 9.91. The number of likely N-dealkylation sites (tertiary alicyclic amines) is 1. The number of hydrogen-bond acceptors (Lipinski definition) is 4. The molecule has 1 amide bonds. The largest absolute Gasteiger partial charge is 0.385 e. The first-order chi connectivity index (χ1) is 13.2. The highest BCUT2D eigenvalue weighted by atomic mass is 16.5. The molecular weight excluding hydrogens is 342 g/mol. The molecule has 2 saturated heterocycles. The summed E-state index contributed by atoms with van der Waals surface area (Å²) < 4.78 is 5.09. The summed E-state index contributed by atoms with van der Waals surface area (Å²) in [5, 5.41) is 3.42. The maximum atomic E-state index is 12.6. The molecule has 2 aliphatic rings. The van der Waals surface area contributed by atoms with E-state index >= 15 is 0 Å². The maximum absolute atomic E-state index is 12.6. The van der Waals surface area contributed by atoms with Crippen LogP contribution in [0.2, 0.25) is 0 Å². The Morgan fingerprint density at radius 2 is 1.74 bits per heavy atom. The van der Waals surface area contributed by atoms with Gasteiger partial charge in [0.1, 0.15) is 0 Å². The van der Waals surface area contributed by atoms with Crippen LogP contribution in [0.4, 0.5) is 0 Å². The summed E-state index contributed by atoms with van der Waals surface area (Å²) in [5.74, 6) is 1.32. The van der Waals surface area contributed by atoms with Crippen LogP contribution < -0.4 is 5.32 Å². The molecule has 2 rings (SSSR count). The molecule has 0 aromatic carbocycles. The number of nitrogens with zero attached hydrogens (tertiary/aromatic N) is 4. The second kappa shape index (κ2) is 12.2. The zero-order chi connectivity index (χ0) is 19.5. The number of unbranched alkanes of at least 4 members (excludes halogenated alkanes) is 2. The van der Waals surface area contributed by atoms with Crippen molar-refractivity contribution >= 4 is 11.9 Å². The van der Waals surface area contributed by atoms with Crippen LogP contribution in [0, 0.1) is 0 Å². The van der Waals surface area contributed by atoms with Gasteiger partial charge in [-0.2, -0.15) is 0 Å². The molecule has 156 valence electrons. The summed E-state index contributed by atoms with van der Waals surface area (Å²) in [6.07, 6.45) is 5.66. The maximum Gasteiger partial charge on any atom is 0.239 e. The minimum absolute atomic E-state index is 0.00874. The van der Waals surface area contributed by atoms with E-state index < -0.39 is 0 Å². The van der Waals surface area contributed by atoms with Gasteiger partial charge in [-0.25, -0.2) is 0 Å². The van der Waals surface area contributed by atoms with Crippen LogP contribution >= 0.6 is 0 Å². The van der Waals surface area contributed by atoms with E-state index in [0.717, 1.165) is 97.0 Å². The molecule has 27 heavy (non-hydrogen) atoms. The molecule has 0 spiro atoms. The van der Waals surface area contributed by atoms with Crippen LogP contribution in [-0.2, 0) is 9.53 Å². The van der Waals surface area contributed by atoms with Gasteiger partial charge in [-0.05, 0) is 46.0 Å². The molecule has 2 aliphatic heterocycles. The molecule has 0 aromatic heterocycles. The fourth-order valence-corrected chi connectivity index (χ4v) is 3.82. The Hall–Kier alpha value is -1.34. The van der Waals surface area contributed by atoms with Gasteiger partial charge in [-0.15, -0.1) is 0 Å². The SMILES string of the molecule is CCNC(=NCCCCCOC)N1CCN(C(C)C(=O)N2CCCC2)CC1. The summed E-state index contributed by atoms with van der Waals surface area (Å²) in [7, 11) is 1.75. The summed E-state index contributed by atoms with van der Waals surface area (Å²) in [4.78, 5) is 24.1. The standard InChI is InChI=1S/C20H39N5O2/c1-4-21-20(22-10-6-5-9-17-27-3)25-15-13-23(14-16-25)18(2)19(26)24-11-7-8-12-24/h18H,4-17H2,1-3H3,(H,21,22). The zero-order valence-electron chi connectivity index (χ0n) is 17.6. The molecule has 1 N–H and O–H groups in total. The van der Waals surface area contributed by atoms with Crippen LogP contribution in [0.5, 0.6) is 0 Å². The lowest BCUT2D eigenvalue weighted by Crippen LogP contribution is -2.57. The van der Waals surface area contributed by atoms with Gasteiger partial charge >= 0.3 is 0 Å². The highest BCUT2D eigenvalue weighted by molar-refractivity contribution is 5.82. The Balaban J connectivity index is 1.77. The van der Waals surface area contributed by atoms with Crippen molar-refractivity contribution in [2.24, 2.45) is 4.99 Å². The smallest absolute Gasteiger partial charge is 0.239 e. The van der Waals surface area contributed by atoms with E-state index in [1.54, 1.807) is 7.11 Å². The summed E-state index contributed by atoms with van der Waals surface area (Å²) >= 11 is 0. The number of amides is 1. The number of piperazine rings is 1. The number of rotatable bonds is 9. The molecule has 7 heteroatoms. The molecule has 0 aromatic rings. The van der Waals surface area contributed by atoms with Gasteiger partial charge in [0.25, 0.3) is 0 Å². The number of hydrogen-bond donors (Lipinski definition) is 1. The topological polar surface area (TPSA) is 60.4 Å². The van der Waals surface area contributed by atoms with E-state index in [1.165, 1.54) is 0 Å². The van der Waals surface area contributed by atoms with Crippen molar-refractivity contribution in [3.05, 3.63) is 0 Å². The molecule has 1 unspecified atom stereocenters. The molecule has 0 bridgehead atoms. The van der Waals surface area contributed by atoms with Crippen molar-refractivity contribution in [3.63, 3.8) is 0 Å². The van der Waals surface area contributed by atoms with E-state index in [9.17, 15) is 4.79 Å². The number of methoxy groups -OCH3 is 1. The van der Waals surface area contributed by atoms with Gasteiger partial charge in [0.15, 0.2) is 5.96 Å². The number of ether oxygens (including phenoxy) is 1. The fraction of sp³-hybridized carbons (Fsp3) is 0.900. The average Bonchev–Trinajstić information content (AvgIpc) is 3.23. The highest BCUT2D eigenvalue weighted by Crippen LogP contribution is 2.14. The third kappa shape index (κ3) is 6.96. The highest BCUT2D eigenvalue weighted by Gasteiger charge is 2.30. The van der Waals surface area contributed by atoms with E-state index in [1.807, 2.05) is 4.90 Å². The van der Waals surface area contributed by atoms with Gasteiger partial charge in [0.2, 0.25) is 5.91 Å². The molecule has 7 nitrogen and oxygen atoms in total. The third-order valence-electron chi connectivity index (χ3n) is 5.54. The normalized spacial score (nSPS) is 20.2. The van der Waals surface area contributed by atoms with Gasteiger partial charge in [-0.1, -0.05) is 0 Å². The second-order valence-corrected chi connectivity index (χ2v) is 7.52. The number of nitrogens with one attached hydrogen (secondary N) is 1. The van der Waals surface area contributed by atoms with Gasteiger partial charge in [0.05, 0.1) is 6.04 Å². The molecular formula is C20H39N5O2. The molecule has 0 saturated carbocycles.